The summed E-state index contributed by atoms with van der Waals surface area (Å²) in [7, 11) is -4.94. The standard InChI is InChI=1S/C13H6O5S2.2Na/c14-13-11-6-7-5-8(19(15)16)1-2-9(7)10(11)3-4-12(13)20(17)18;;/h1-6H;;/q-2;2*+1. The summed E-state index contributed by atoms with van der Waals surface area (Å²) in [6, 6.07) is 4.50. The van der Waals surface area contributed by atoms with E-state index in [1.54, 1.807) is 12.1 Å². The van der Waals surface area contributed by atoms with Crippen LogP contribution in [-0.2, 0) is 43.0 Å². The fourth-order valence-corrected chi connectivity index (χ4v) is 3.10. The first-order valence-corrected chi connectivity index (χ1v) is 7.65. The molecule has 3 rings (SSSR count). The molecular formula is C13H6Na2O5S2. The molecule has 0 aliphatic heterocycles. The summed E-state index contributed by atoms with van der Waals surface area (Å²) in [5.41, 5.74) is 2.19. The zero-order valence-corrected chi connectivity index (χ0v) is 17.5. The number of Topliss-reactive ketones (excluding diaryl/α,β-unsaturated/α-hetero) is 1. The van der Waals surface area contributed by atoms with Crippen molar-refractivity contribution in [3.05, 3.63) is 52.0 Å². The Balaban J connectivity index is 0.00000121. The molecule has 1 aromatic carbocycles. The summed E-state index contributed by atoms with van der Waals surface area (Å²) in [5.74, 6) is -0.572. The Morgan fingerprint density at radius 3 is 2.09 bits per heavy atom. The van der Waals surface area contributed by atoms with Gasteiger partial charge in [0.25, 0.3) is 0 Å². The minimum atomic E-state index is -2.59. The maximum absolute atomic E-state index is 12.0. The Labute approximate surface area is 174 Å². The molecule has 1 aromatic rings. The van der Waals surface area contributed by atoms with Gasteiger partial charge in [-0.3, -0.25) is 4.79 Å². The third-order valence-corrected chi connectivity index (χ3v) is 4.46. The van der Waals surface area contributed by atoms with E-state index in [2.05, 4.69) is 0 Å². The molecule has 0 amide bonds. The smallest absolute Gasteiger partial charge is 0.420 e. The van der Waals surface area contributed by atoms with E-state index in [1.807, 2.05) is 0 Å². The first kappa shape index (κ1) is 20.1. The van der Waals surface area contributed by atoms with Gasteiger partial charge in [0, 0.05) is 5.57 Å². The molecule has 9 heteroatoms. The zero-order valence-electron chi connectivity index (χ0n) is 11.8. The van der Waals surface area contributed by atoms with Crippen LogP contribution in [0.5, 0.6) is 0 Å². The Hall–Kier alpha value is 0.0100. The number of allylic oxidation sites excluding steroid dienone is 5. The van der Waals surface area contributed by atoms with Gasteiger partial charge in [-0.2, -0.15) is 0 Å². The molecule has 0 N–H and O–H groups in total. The largest absolute Gasteiger partial charge is 1.00 e. The second kappa shape index (κ2) is 7.72. The number of carbonyl (C=O) groups excluding carboxylic acids is 1. The average Bonchev–Trinajstić information content (AvgIpc) is 2.77. The second-order valence-electron chi connectivity index (χ2n) is 4.22. The van der Waals surface area contributed by atoms with Crippen LogP contribution in [0, 0.1) is 0 Å². The van der Waals surface area contributed by atoms with Crippen LogP contribution in [-0.4, -0.2) is 5.78 Å². The van der Waals surface area contributed by atoms with E-state index in [0.717, 1.165) is 5.56 Å². The summed E-state index contributed by atoms with van der Waals surface area (Å²) in [6.07, 6.45) is 4.32. The molecule has 0 radical (unpaired) electrons. The van der Waals surface area contributed by atoms with Gasteiger partial charge in [0.2, 0.25) is 0 Å². The van der Waals surface area contributed by atoms with Gasteiger partial charge < -0.3 is 16.8 Å². The van der Waals surface area contributed by atoms with Crippen molar-refractivity contribution in [1.82, 2.24) is 0 Å². The van der Waals surface area contributed by atoms with Gasteiger partial charge in [0.1, 0.15) is 0 Å². The van der Waals surface area contributed by atoms with Crippen LogP contribution in [0.4, 0.5) is 0 Å². The van der Waals surface area contributed by atoms with Gasteiger partial charge in [-0.05, 0) is 49.1 Å². The van der Waals surface area contributed by atoms with Gasteiger partial charge in [-0.25, -0.2) is 0 Å². The van der Waals surface area contributed by atoms with Crippen LogP contribution in [0.2, 0.25) is 0 Å². The van der Waals surface area contributed by atoms with E-state index in [9.17, 15) is 21.6 Å². The Morgan fingerprint density at radius 2 is 1.50 bits per heavy atom. The van der Waals surface area contributed by atoms with E-state index < -0.39 is 27.2 Å². The van der Waals surface area contributed by atoms with E-state index in [4.69, 9.17) is 0 Å². The Bertz CT molecular complexity index is 889. The average molecular weight is 352 g/mol. The predicted molar refractivity (Wildman–Crippen MR) is 71.2 cm³/mol. The maximum Gasteiger partial charge on any atom is 1.00 e. The summed E-state index contributed by atoms with van der Waals surface area (Å²) >= 11 is 0. The minimum absolute atomic E-state index is 0. The number of ketones is 1. The molecule has 2 aliphatic carbocycles. The van der Waals surface area contributed by atoms with Crippen molar-refractivity contribution in [2.75, 3.05) is 0 Å². The molecule has 102 valence electrons. The van der Waals surface area contributed by atoms with Gasteiger partial charge in [0.05, 0.1) is 0 Å². The number of rotatable bonds is 2. The van der Waals surface area contributed by atoms with E-state index >= 15 is 0 Å². The SMILES string of the molecule is O=C1C2=Cc3cc([S-](=O)=O)ccc3C2=CC=C1[S-](=O)=O.[Na+].[Na+]. The van der Waals surface area contributed by atoms with Crippen molar-refractivity contribution in [3.63, 3.8) is 0 Å². The molecule has 0 fully saturated rings. The molecule has 22 heavy (non-hydrogen) atoms. The molecule has 0 aromatic heterocycles. The third kappa shape index (κ3) is 3.42. The van der Waals surface area contributed by atoms with Crippen LogP contribution in [0.15, 0.2) is 45.7 Å². The zero-order chi connectivity index (χ0) is 14.4. The summed E-state index contributed by atoms with van der Waals surface area (Å²) in [4.78, 5) is 11.9. The van der Waals surface area contributed by atoms with Crippen molar-refractivity contribution >= 4 is 38.8 Å². The quantitative estimate of drug-likeness (QED) is 0.399. The van der Waals surface area contributed by atoms with Crippen LogP contribution in [0.3, 0.4) is 0 Å². The topological polar surface area (TPSA) is 85.3 Å². The van der Waals surface area contributed by atoms with Crippen LogP contribution >= 0.6 is 0 Å². The first-order valence-electron chi connectivity index (χ1n) is 5.51. The number of fused-ring (bicyclic) bond motifs is 3. The molecule has 5 nitrogen and oxygen atoms in total. The van der Waals surface area contributed by atoms with Crippen molar-refractivity contribution in [3.8, 4) is 0 Å². The van der Waals surface area contributed by atoms with E-state index in [1.165, 1.54) is 24.3 Å². The van der Waals surface area contributed by atoms with Crippen molar-refractivity contribution in [1.29, 1.82) is 0 Å². The van der Waals surface area contributed by atoms with E-state index in [-0.39, 0.29) is 74.5 Å². The van der Waals surface area contributed by atoms with Gasteiger partial charge in [-0.1, -0.05) is 35.2 Å². The molecule has 2 aliphatic rings. The van der Waals surface area contributed by atoms with Gasteiger partial charge >= 0.3 is 59.1 Å². The Kier molecular flexibility index (Phi) is 7.04. The van der Waals surface area contributed by atoms with Crippen LogP contribution < -0.4 is 59.1 Å². The normalized spacial score (nSPS) is 15.2. The van der Waals surface area contributed by atoms with Crippen molar-refractivity contribution < 1.29 is 80.7 Å². The van der Waals surface area contributed by atoms with Gasteiger partial charge in [0.15, 0.2) is 5.78 Å². The predicted octanol–water partition coefficient (Wildman–Crippen LogP) is -4.08. The molecule has 0 unspecified atom stereocenters. The summed E-state index contributed by atoms with van der Waals surface area (Å²) in [6.45, 7) is 0. The number of benzene rings is 1. The summed E-state index contributed by atoms with van der Waals surface area (Å²) < 4.78 is 43.7. The molecule has 0 saturated carbocycles. The number of carbonyl (C=O) groups is 1. The van der Waals surface area contributed by atoms with Crippen molar-refractivity contribution in [2.24, 2.45) is 0 Å². The monoisotopic (exact) mass is 352 g/mol. The molecule has 0 heterocycles. The molecule has 0 saturated heterocycles. The number of hydrogen-bond donors (Lipinski definition) is 0. The van der Waals surface area contributed by atoms with E-state index in [0.29, 0.717) is 11.1 Å². The Morgan fingerprint density at radius 1 is 0.818 bits per heavy atom. The summed E-state index contributed by atoms with van der Waals surface area (Å²) in [5, 5.41) is 0. The third-order valence-electron chi connectivity index (χ3n) is 3.15. The first-order chi connectivity index (χ1) is 9.49. The van der Waals surface area contributed by atoms with Crippen molar-refractivity contribution in [2.45, 2.75) is 4.90 Å². The minimum Gasteiger partial charge on any atom is -0.420 e. The maximum atomic E-state index is 12.0. The molecule has 0 bridgehead atoms. The van der Waals surface area contributed by atoms with Crippen LogP contribution in [0.1, 0.15) is 11.1 Å². The molecular weight excluding hydrogens is 346 g/mol. The molecule has 0 atom stereocenters. The fraction of sp³-hybridized carbons (Fsp3) is 0. The van der Waals surface area contributed by atoms with Gasteiger partial charge in [-0.15, -0.1) is 0 Å². The number of hydrogen-bond acceptors (Lipinski definition) is 7. The van der Waals surface area contributed by atoms with Crippen LogP contribution in [0.25, 0.3) is 11.6 Å². The second-order valence-corrected chi connectivity index (χ2v) is 6.07. The fourth-order valence-electron chi connectivity index (χ4n) is 2.25. The molecule has 0 spiro atoms.